The van der Waals surface area contributed by atoms with Gasteiger partial charge in [-0.15, -0.1) is 0 Å². The summed E-state index contributed by atoms with van der Waals surface area (Å²) in [6.45, 7) is 0. The molecule has 8 heteroatoms. The number of nitrogens with one attached hydrogen (secondary N) is 1. The number of hydrogen-bond acceptors (Lipinski definition) is 4. The van der Waals surface area contributed by atoms with Crippen molar-refractivity contribution in [1.29, 1.82) is 0 Å². The zero-order chi connectivity index (χ0) is 15.6. The molecule has 1 aromatic rings. The third kappa shape index (κ3) is 3.75. The second kappa shape index (κ2) is 6.33. The zero-order valence-corrected chi connectivity index (χ0v) is 13.0. The summed E-state index contributed by atoms with van der Waals surface area (Å²) in [5.74, 6) is -2.25. The predicted octanol–water partition coefficient (Wildman–Crippen LogP) is 2.09. The van der Waals surface area contributed by atoms with Crippen molar-refractivity contribution in [2.45, 2.75) is 35.4 Å². The first kappa shape index (κ1) is 16.3. The smallest absolute Gasteiger partial charge is 0.335 e. The van der Waals surface area contributed by atoms with Gasteiger partial charge in [-0.2, -0.15) is 11.8 Å². The average molecular weight is 333 g/mol. The van der Waals surface area contributed by atoms with Gasteiger partial charge in [0.2, 0.25) is 10.0 Å². The van der Waals surface area contributed by atoms with Crippen LogP contribution >= 0.6 is 11.8 Å². The van der Waals surface area contributed by atoms with Crippen LogP contribution in [-0.2, 0) is 10.0 Å². The van der Waals surface area contributed by atoms with E-state index in [1.807, 2.05) is 6.26 Å². The average Bonchev–Trinajstić information content (AvgIpc) is 2.85. The van der Waals surface area contributed by atoms with Crippen LogP contribution in [0, 0.1) is 5.82 Å². The normalized spacial score (nSPS) is 22.4. The Balaban J connectivity index is 2.23. The molecular formula is C13H16FNO4S2. The summed E-state index contributed by atoms with van der Waals surface area (Å²) in [6.07, 6.45) is 4.27. The van der Waals surface area contributed by atoms with Gasteiger partial charge in [0.05, 0.1) is 5.56 Å². The molecule has 0 radical (unpaired) electrons. The van der Waals surface area contributed by atoms with Crippen LogP contribution in [0.2, 0.25) is 0 Å². The first-order chi connectivity index (χ1) is 9.83. The Labute approximate surface area is 127 Å². The molecule has 1 aliphatic carbocycles. The summed E-state index contributed by atoms with van der Waals surface area (Å²) in [5.41, 5.74) is -0.259. The van der Waals surface area contributed by atoms with Gasteiger partial charge in [-0.05, 0) is 43.7 Å². The molecule has 0 amide bonds. The van der Waals surface area contributed by atoms with Gasteiger partial charge in [0.15, 0.2) is 0 Å². The molecule has 1 aromatic carbocycles. The van der Waals surface area contributed by atoms with Gasteiger partial charge in [0, 0.05) is 11.3 Å². The predicted molar refractivity (Wildman–Crippen MR) is 78.6 cm³/mol. The van der Waals surface area contributed by atoms with E-state index in [1.54, 1.807) is 11.8 Å². The summed E-state index contributed by atoms with van der Waals surface area (Å²) < 4.78 is 40.7. The minimum absolute atomic E-state index is 0.236. The number of rotatable bonds is 5. The molecular weight excluding hydrogens is 317 g/mol. The molecule has 1 aliphatic rings. The number of aromatic carboxylic acids is 1. The summed E-state index contributed by atoms with van der Waals surface area (Å²) in [4.78, 5) is 10.3. The Morgan fingerprint density at radius 2 is 2.14 bits per heavy atom. The Hall–Kier alpha value is -1.12. The van der Waals surface area contributed by atoms with Gasteiger partial charge >= 0.3 is 5.97 Å². The fraction of sp³-hybridized carbons (Fsp3) is 0.462. The van der Waals surface area contributed by atoms with E-state index in [2.05, 4.69) is 4.72 Å². The van der Waals surface area contributed by atoms with Crippen LogP contribution in [-0.4, -0.2) is 37.0 Å². The van der Waals surface area contributed by atoms with E-state index in [0.717, 1.165) is 24.6 Å². The van der Waals surface area contributed by atoms with Crippen molar-refractivity contribution < 1.29 is 22.7 Å². The fourth-order valence-corrected chi connectivity index (χ4v) is 4.57. The quantitative estimate of drug-likeness (QED) is 0.862. The van der Waals surface area contributed by atoms with Crippen LogP contribution in [0.1, 0.15) is 29.6 Å². The highest BCUT2D eigenvalue weighted by molar-refractivity contribution is 7.99. The van der Waals surface area contributed by atoms with E-state index in [-0.39, 0.29) is 11.6 Å². The molecule has 21 heavy (non-hydrogen) atoms. The molecule has 1 fully saturated rings. The van der Waals surface area contributed by atoms with E-state index >= 15 is 0 Å². The molecule has 116 valence electrons. The molecule has 0 aromatic heterocycles. The lowest BCUT2D eigenvalue weighted by atomic mass is 10.2. The first-order valence-electron chi connectivity index (χ1n) is 6.41. The molecule has 0 bridgehead atoms. The van der Waals surface area contributed by atoms with Crippen molar-refractivity contribution in [1.82, 2.24) is 4.72 Å². The second-order valence-electron chi connectivity index (χ2n) is 4.94. The van der Waals surface area contributed by atoms with E-state index in [0.29, 0.717) is 18.1 Å². The SMILES string of the molecule is CSC1CCC(NS(=O)(=O)c2cc(C(=O)O)ccc2F)C1. The maximum absolute atomic E-state index is 13.7. The molecule has 0 spiro atoms. The summed E-state index contributed by atoms with van der Waals surface area (Å²) in [7, 11) is -4.06. The molecule has 1 saturated carbocycles. The topological polar surface area (TPSA) is 83.5 Å². The lowest BCUT2D eigenvalue weighted by Gasteiger charge is -2.14. The minimum Gasteiger partial charge on any atom is -0.478 e. The van der Waals surface area contributed by atoms with Crippen molar-refractivity contribution in [2.75, 3.05) is 6.26 Å². The van der Waals surface area contributed by atoms with Gasteiger partial charge in [-0.25, -0.2) is 22.3 Å². The molecule has 5 nitrogen and oxygen atoms in total. The Kier molecular flexibility index (Phi) is 4.90. The third-order valence-electron chi connectivity index (χ3n) is 3.51. The molecule has 2 atom stereocenters. The van der Waals surface area contributed by atoms with Crippen molar-refractivity contribution in [3.05, 3.63) is 29.6 Å². The molecule has 0 aliphatic heterocycles. The number of thioether (sulfide) groups is 1. The van der Waals surface area contributed by atoms with E-state index in [9.17, 15) is 17.6 Å². The third-order valence-corrected chi connectivity index (χ3v) is 6.14. The highest BCUT2D eigenvalue weighted by atomic mass is 32.2. The standard InChI is InChI=1S/C13H16FNO4S2/c1-20-10-4-3-9(7-10)15-21(18,19)12-6-8(13(16)17)2-5-11(12)14/h2,5-6,9-10,15H,3-4,7H2,1H3,(H,16,17). The number of halogens is 1. The fourth-order valence-electron chi connectivity index (χ4n) is 2.39. The van der Waals surface area contributed by atoms with Crippen molar-refractivity contribution >= 4 is 27.8 Å². The van der Waals surface area contributed by atoms with E-state index in [1.165, 1.54) is 0 Å². The van der Waals surface area contributed by atoms with Crippen LogP contribution in [0.4, 0.5) is 4.39 Å². The summed E-state index contributed by atoms with van der Waals surface area (Å²) in [6, 6.07) is 2.51. The van der Waals surface area contributed by atoms with Crippen molar-refractivity contribution in [3.8, 4) is 0 Å². The molecule has 0 saturated heterocycles. The van der Waals surface area contributed by atoms with Gasteiger partial charge in [0.1, 0.15) is 10.7 Å². The van der Waals surface area contributed by atoms with E-state index < -0.39 is 26.7 Å². The molecule has 2 rings (SSSR count). The number of carboxylic acids is 1. The van der Waals surface area contributed by atoms with Gasteiger partial charge < -0.3 is 5.11 Å². The molecule has 2 N–H and O–H groups in total. The van der Waals surface area contributed by atoms with Crippen LogP contribution in [0.3, 0.4) is 0 Å². The Bertz CT molecular complexity index is 648. The lowest BCUT2D eigenvalue weighted by molar-refractivity contribution is 0.0696. The minimum atomic E-state index is -4.06. The summed E-state index contributed by atoms with van der Waals surface area (Å²) >= 11 is 1.68. The second-order valence-corrected chi connectivity index (χ2v) is 7.76. The first-order valence-corrected chi connectivity index (χ1v) is 9.18. The van der Waals surface area contributed by atoms with Gasteiger partial charge in [0.25, 0.3) is 0 Å². The van der Waals surface area contributed by atoms with Crippen LogP contribution in [0.15, 0.2) is 23.1 Å². The number of sulfonamides is 1. The number of hydrogen-bond donors (Lipinski definition) is 2. The highest BCUT2D eigenvalue weighted by Crippen LogP contribution is 2.29. The maximum atomic E-state index is 13.7. The van der Waals surface area contributed by atoms with Crippen LogP contribution in [0.5, 0.6) is 0 Å². The largest absolute Gasteiger partial charge is 0.478 e. The monoisotopic (exact) mass is 333 g/mol. The Morgan fingerprint density at radius 3 is 2.71 bits per heavy atom. The number of carboxylic acid groups (broad SMARTS) is 1. The molecule has 2 unspecified atom stereocenters. The zero-order valence-electron chi connectivity index (χ0n) is 11.4. The van der Waals surface area contributed by atoms with Gasteiger partial charge in [-0.1, -0.05) is 0 Å². The van der Waals surface area contributed by atoms with Crippen LogP contribution < -0.4 is 4.72 Å². The van der Waals surface area contributed by atoms with Crippen LogP contribution in [0.25, 0.3) is 0 Å². The Morgan fingerprint density at radius 1 is 1.43 bits per heavy atom. The summed E-state index contributed by atoms with van der Waals surface area (Å²) in [5, 5.41) is 9.27. The number of benzene rings is 1. The maximum Gasteiger partial charge on any atom is 0.335 e. The molecule has 0 heterocycles. The highest BCUT2D eigenvalue weighted by Gasteiger charge is 2.30. The van der Waals surface area contributed by atoms with E-state index in [4.69, 9.17) is 5.11 Å². The van der Waals surface area contributed by atoms with Gasteiger partial charge in [-0.3, -0.25) is 0 Å². The lowest BCUT2D eigenvalue weighted by Crippen LogP contribution is -2.33. The van der Waals surface area contributed by atoms with Crippen molar-refractivity contribution in [3.63, 3.8) is 0 Å². The van der Waals surface area contributed by atoms with Crippen molar-refractivity contribution in [2.24, 2.45) is 0 Å². The number of carbonyl (C=O) groups is 1.